The number of pyridine rings is 1. The van der Waals surface area contributed by atoms with Gasteiger partial charge in [-0.2, -0.15) is 18.4 Å². The van der Waals surface area contributed by atoms with Crippen molar-refractivity contribution in [1.82, 2.24) is 9.38 Å². The lowest BCUT2D eigenvalue weighted by Gasteiger charge is -2.07. The molecule has 23 heavy (non-hydrogen) atoms. The molecule has 1 aromatic carbocycles. The van der Waals surface area contributed by atoms with Gasteiger partial charge in [0.25, 0.3) is 0 Å². The van der Waals surface area contributed by atoms with Crippen molar-refractivity contribution in [3.8, 4) is 6.07 Å². The van der Waals surface area contributed by atoms with Crippen LogP contribution in [0.25, 0.3) is 5.65 Å². The molecular weight excluding hydrogens is 303 g/mol. The molecule has 0 amide bonds. The molecule has 0 saturated heterocycles. The highest BCUT2D eigenvalue weighted by molar-refractivity contribution is 5.46. The molecule has 0 fully saturated rings. The summed E-state index contributed by atoms with van der Waals surface area (Å²) in [6, 6.07) is 13.8. The van der Waals surface area contributed by atoms with E-state index in [9.17, 15) is 13.2 Å². The van der Waals surface area contributed by atoms with Gasteiger partial charge in [-0.1, -0.05) is 30.3 Å². The standard InChI is InChI=1S/C17H12F3N3/c18-17(19,20)13-6-7-16-22-14(10-12-4-2-1-3-5-12)15(8-9-21)23(16)11-13/h1-7,11H,8,10H2. The van der Waals surface area contributed by atoms with Crippen molar-refractivity contribution in [2.75, 3.05) is 0 Å². The summed E-state index contributed by atoms with van der Waals surface area (Å²) in [5, 5.41) is 9.00. The summed E-state index contributed by atoms with van der Waals surface area (Å²) in [6.07, 6.45) is -2.95. The topological polar surface area (TPSA) is 41.1 Å². The average Bonchev–Trinajstić information content (AvgIpc) is 2.85. The minimum Gasteiger partial charge on any atom is -0.302 e. The van der Waals surface area contributed by atoms with Gasteiger partial charge in [0.1, 0.15) is 5.65 Å². The third kappa shape index (κ3) is 3.04. The van der Waals surface area contributed by atoms with Crippen molar-refractivity contribution < 1.29 is 13.2 Å². The van der Waals surface area contributed by atoms with E-state index in [2.05, 4.69) is 4.98 Å². The normalized spacial score (nSPS) is 11.6. The monoisotopic (exact) mass is 315 g/mol. The number of benzene rings is 1. The predicted molar refractivity (Wildman–Crippen MR) is 78.8 cm³/mol. The number of halogens is 3. The smallest absolute Gasteiger partial charge is 0.302 e. The minimum absolute atomic E-state index is 0.00461. The van der Waals surface area contributed by atoms with Gasteiger partial charge >= 0.3 is 6.18 Å². The summed E-state index contributed by atoms with van der Waals surface area (Å²) in [6.45, 7) is 0. The number of aromatic nitrogens is 2. The zero-order valence-electron chi connectivity index (χ0n) is 12.0. The number of hydrogen-bond donors (Lipinski definition) is 0. The zero-order valence-corrected chi connectivity index (χ0v) is 12.0. The number of fused-ring (bicyclic) bond motifs is 1. The van der Waals surface area contributed by atoms with Gasteiger partial charge < -0.3 is 4.40 Å². The zero-order chi connectivity index (χ0) is 16.4. The molecule has 0 aliphatic carbocycles. The van der Waals surface area contributed by atoms with Crippen LogP contribution in [0.5, 0.6) is 0 Å². The average molecular weight is 315 g/mol. The molecule has 0 radical (unpaired) electrons. The van der Waals surface area contributed by atoms with E-state index in [4.69, 9.17) is 5.26 Å². The summed E-state index contributed by atoms with van der Waals surface area (Å²) in [7, 11) is 0. The fraction of sp³-hybridized carbons (Fsp3) is 0.176. The summed E-state index contributed by atoms with van der Waals surface area (Å²) in [4.78, 5) is 4.39. The van der Waals surface area contributed by atoms with Gasteiger partial charge in [0.05, 0.1) is 29.4 Å². The lowest BCUT2D eigenvalue weighted by molar-refractivity contribution is -0.137. The van der Waals surface area contributed by atoms with Crippen LogP contribution in [-0.2, 0) is 19.0 Å². The number of nitrogens with zero attached hydrogens (tertiary/aromatic N) is 3. The van der Waals surface area contributed by atoms with Crippen LogP contribution in [0.1, 0.15) is 22.5 Å². The molecule has 0 spiro atoms. The maximum atomic E-state index is 12.9. The van der Waals surface area contributed by atoms with E-state index in [1.807, 2.05) is 36.4 Å². The summed E-state index contributed by atoms with van der Waals surface area (Å²) in [5.41, 5.74) is 1.77. The van der Waals surface area contributed by atoms with Gasteiger partial charge in [-0.15, -0.1) is 0 Å². The maximum Gasteiger partial charge on any atom is 0.417 e. The number of nitriles is 1. The largest absolute Gasteiger partial charge is 0.417 e. The van der Waals surface area contributed by atoms with E-state index >= 15 is 0 Å². The number of imidazole rings is 1. The molecule has 2 aromatic heterocycles. The molecule has 3 rings (SSSR count). The summed E-state index contributed by atoms with van der Waals surface area (Å²) in [5.74, 6) is 0. The van der Waals surface area contributed by atoms with Gasteiger partial charge in [-0.25, -0.2) is 4.98 Å². The van der Waals surface area contributed by atoms with E-state index in [0.717, 1.165) is 17.8 Å². The number of alkyl halides is 3. The molecule has 2 heterocycles. The summed E-state index contributed by atoms with van der Waals surface area (Å²) < 4.78 is 40.0. The Balaban J connectivity index is 2.11. The Morgan fingerprint density at radius 1 is 1.09 bits per heavy atom. The van der Waals surface area contributed by atoms with Crippen molar-refractivity contribution in [3.63, 3.8) is 0 Å². The minimum atomic E-state index is -4.43. The molecule has 0 atom stereocenters. The fourth-order valence-electron chi connectivity index (χ4n) is 2.50. The molecule has 0 bridgehead atoms. The molecule has 0 aliphatic rings. The lowest BCUT2D eigenvalue weighted by Crippen LogP contribution is -2.07. The van der Waals surface area contributed by atoms with Crippen molar-refractivity contribution in [1.29, 1.82) is 5.26 Å². The van der Waals surface area contributed by atoms with E-state index in [1.165, 1.54) is 10.5 Å². The van der Waals surface area contributed by atoms with Crippen molar-refractivity contribution in [3.05, 3.63) is 71.2 Å². The lowest BCUT2D eigenvalue weighted by atomic mass is 10.1. The van der Waals surface area contributed by atoms with Gasteiger partial charge in [-0.05, 0) is 17.7 Å². The molecule has 0 N–H and O–H groups in total. The van der Waals surface area contributed by atoms with E-state index in [1.54, 1.807) is 0 Å². The van der Waals surface area contributed by atoms with Crippen LogP contribution >= 0.6 is 0 Å². The van der Waals surface area contributed by atoms with Crippen molar-refractivity contribution in [2.24, 2.45) is 0 Å². The third-order valence-electron chi connectivity index (χ3n) is 3.59. The Hall–Kier alpha value is -2.81. The highest BCUT2D eigenvalue weighted by Gasteiger charge is 2.31. The maximum absolute atomic E-state index is 12.9. The molecule has 0 unspecified atom stereocenters. The first-order valence-corrected chi connectivity index (χ1v) is 6.97. The van der Waals surface area contributed by atoms with Gasteiger partial charge in [0.2, 0.25) is 0 Å². The Morgan fingerprint density at radius 3 is 2.48 bits per heavy atom. The Morgan fingerprint density at radius 2 is 1.83 bits per heavy atom. The molecule has 0 aliphatic heterocycles. The third-order valence-corrected chi connectivity index (χ3v) is 3.59. The van der Waals surface area contributed by atoms with E-state index in [0.29, 0.717) is 23.5 Å². The second kappa shape index (κ2) is 5.76. The fourth-order valence-corrected chi connectivity index (χ4v) is 2.50. The Bertz CT molecular complexity index is 874. The van der Waals surface area contributed by atoms with Gasteiger partial charge in [0, 0.05) is 12.6 Å². The number of hydrogen-bond acceptors (Lipinski definition) is 2. The SMILES string of the molecule is N#CCc1c(Cc2ccccc2)nc2ccc(C(F)(F)F)cn12. The van der Waals surface area contributed by atoms with Crippen LogP contribution in [0.3, 0.4) is 0 Å². The van der Waals surface area contributed by atoms with Gasteiger partial charge in [-0.3, -0.25) is 0 Å². The molecular formula is C17H12F3N3. The molecule has 3 nitrogen and oxygen atoms in total. The molecule has 116 valence electrons. The van der Waals surface area contributed by atoms with Crippen LogP contribution in [0.4, 0.5) is 13.2 Å². The van der Waals surface area contributed by atoms with E-state index < -0.39 is 11.7 Å². The van der Waals surface area contributed by atoms with Crippen molar-refractivity contribution >= 4 is 5.65 Å². The predicted octanol–water partition coefficient (Wildman–Crippen LogP) is 4.01. The Labute approximate surface area is 130 Å². The van der Waals surface area contributed by atoms with E-state index in [-0.39, 0.29) is 6.42 Å². The van der Waals surface area contributed by atoms with Crippen LogP contribution in [0, 0.1) is 11.3 Å². The number of rotatable bonds is 3. The van der Waals surface area contributed by atoms with Crippen LogP contribution in [-0.4, -0.2) is 9.38 Å². The quantitative estimate of drug-likeness (QED) is 0.733. The van der Waals surface area contributed by atoms with Crippen LogP contribution in [0.2, 0.25) is 0 Å². The van der Waals surface area contributed by atoms with Gasteiger partial charge in [0.15, 0.2) is 0 Å². The van der Waals surface area contributed by atoms with Crippen LogP contribution < -0.4 is 0 Å². The first-order valence-electron chi connectivity index (χ1n) is 6.97. The summed E-state index contributed by atoms with van der Waals surface area (Å²) >= 11 is 0. The first-order chi connectivity index (χ1) is 11.0. The highest BCUT2D eigenvalue weighted by atomic mass is 19.4. The molecule has 6 heteroatoms. The first kappa shape index (κ1) is 15.1. The highest BCUT2D eigenvalue weighted by Crippen LogP contribution is 2.30. The van der Waals surface area contributed by atoms with Crippen LogP contribution in [0.15, 0.2) is 48.7 Å². The van der Waals surface area contributed by atoms with Crippen molar-refractivity contribution in [2.45, 2.75) is 19.0 Å². The second-order valence-corrected chi connectivity index (χ2v) is 5.15. The molecule has 0 saturated carbocycles. The molecule has 3 aromatic rings. The Kier molecular flexibility index (Phi) is 3.78. The second-order valence-electron chi connectivity index (χ2n) is 5.15.